The molecule has 0 fully saturated rings. The zero-order valence-electron chi connectivity index (χ0n) is 15.9. The molecule has 3 heterocycles. The van der Waals surface area contributed by atoms with E-state index in [1.54, 1.807) is 4.90 Å². The molecule has 2 aliphatic heterocycles. The van der Waals surface area contributed by atoms with Crippen LogP contribution >= 0.6 is 0 Å². The van der Waals surface area contributed by atoms with Crippen LogP contribution in [0.15, 0.2) is 48.5 Å². The summed E-state index contributed by atoms with van der Waals surface area (Å²) in [5.74, 6) is -0.115. The van der Waals surface area contributed by atoms with Crippen LogP contribution in [0.1, 0.15) is 53.0 Å². The molecule has 5 nitrogen and oxygen atoms in total. The molecule has 3 aromatic rings. The van der Waals surface area contributed by atoms with Crippen molar-refractivity contribution in [1.29, 1.82) is 0 Å². The minimum absolute atomic E-state index is 0.0550. The maximum atomic E-state index is 13.2. The van der Waals surface area contributed by atoms with Gasteiger partial charge in [0.05, 0.1) is 6.04 Å². The zero-order valence-corrected chi connectivity index (χ0v) is 15.9. The van der Waals surface area contributed by atoms with Crippen molar-refractivity contribution >= 4 is 22.7 Å². The van der Waals surface area contributed by atoms with E-state index in [1.165, 1.54) is 0 Å². The van der Waals surface area contributed by atoms with E-state index in [4.69, 9.17) is 0 Å². The Morgan fingerprint density at radius 2 is 1.96 bits per heavy atom. The molecular formula is C23H23N3O2. The molecule has 2 N–H and O–H groups in total. The number of nitrogens with zero attached hydrogens (tertiary/aromatic N) is 1. The highest BCUT2D eigenvalue weighted by atomic mass is 16.2. The number of aromatic nitrogens is 1. The summed E-state index contributed by atoms with van der Waals surface area (Å²) in [5, 5.41) is 4.18. The van der Waals surface area contributed by atoms with E-state index in [9.17, 15) is 9.59 Å². The predicted molar refractivity (Wildman–Crippen MR) is 108 cm³/mol. The van der Waals surface area contributed by atoms with Crippen molar-refractivity contribution in [3.63, 3.8) is 0 Å². The van der Waals surface area contributed by atoms with Gasteiger partial charge < -0.3 is 15.2 Å². The summed E-state index contributed by atoms with van der Waals surface area (Å²) in [5.41, 5.74) is 4.92. The molecule has 2 aromatic carbocycles. The maximum absolute atomic E-state index is 13.2. The number of hydrogen-bond acceptors (Lipinski definition) is 2. The van der Waals surface area contributed by atoms with Crippen molar-refractivity contribution in [1.82, 2.24) is 15.2 Å². The van der Waals surface area contributed by atoms with Crippen LogP contribution in [-0.2, 0) is 11.2 Å². The van der Waals surface area contributed by atoms with E-state index < -0.39 is 6.04 Å². The second kappa shape index (κ2) is 6.51. The Morgan fingerprint density at radius 3 is 2.82 bits per heavy atom. The lowest BCUT2D eigenvalue weighted by atomic mass is 9.90. The summed E-state index contributed by atoms with van der Waals surface area (Å²) >= 11 is 0. The lowest BCUT2D eigenvalue weighted by Gasteiger charge is -2.37. The van der Waals surface area contributed by atoms with Crippen LogP contribution in [0.2, 0.25) is 0 Å². The summed E-state index contributed by atoms with van der Waals surface area (Å²) in [7, 11) is 0. The number of fused-ring (bicyclic) bond motifs is 7. The molecule has 2 aliphatic rings. The van der Waals surface area contributed by atoms with Crippen LogP contribution in [-0.4, -0.2) is 34.3 Å². The highest BCUT2D eigenvalue weighted by Gasteiger charge is 2.48. The fraction of sp³-hybridized carbons (Fsp3) is 0.304. The normalized spacial score (nSPS) is 20.0. The monoisotopic (exact) mass is 373 g/mol. The van der Waals surface area contributed by atoms with Gasteiger partial charge in [-0.1, -0.05) is 49.7 Å². The van der Waals surface area contributed by atoms with E-state index in [2.05, 4.69) is 29.4 Å². The van der Waals surface area contributed by atoms with Gasteiger partial charge in [-0.05, 0) is 29.7 Å². The van der Waals surface area contributed by atoms with Gasteiger partial charge in [-0.3, -0.25) is 9.59 Å². The number of benzene rings is 2. The van der Waals surface area contributed by atoms with Crippen molar-refractivity contribution in [2.45, 2.75) is 38.3 Å². The first-order valence-corrected chi connectivity index (χ1v) is 9.99. The number of amides is 2. The Balaban J connectivity index is 1.65. The number of rotatable bonds is 4. The molecule has 0 saturated carbocycles. The first-order chi connectivity index (χ1) is 13.7. The molecule has 5 rings (SSSR count). The maximum Gasteiger partial charge on any atom is 0.255 e. The molecule has 0 aliphatic carbocycles. The standard InChI is InChI=1S/C23H23N3O2/c1-2-3-12-24-22(27)19-13-17-14-8-6-7-11-18(14)25-20(17)21-15-9-4-5-10-16(15)23(28)26(19)21/h4-11,19,21,25H,2-3,12-13H2,1H3,(H,24,27)/t19-,21+/m0/s1. The number of hydrogen-bond donors (Lipinski definition) is 2. The molecule has 28 heavy (non-hydrogen) atoms. The second-order valence-corrected chi connectivity index (χ2v) is 7.63. The van der Waals surface area contributed by atoms with Crippen LogP contribution in [0.5, 0.6) is 0 Å². The molecule has 142 valence electrons. The third kappa shape index (κ3) is 2.39. The number of unbranched alkanes of at least 4 members (excludes halogenated alkanes) is 1. The van der Waals surface area contributed by atoms with Crippen molar-refractivity contribution in [3.8, 4) is 0 Å². The summed E-state index contributed by atoms with van der Waals surface area (Å²) in [6.07, 6.45) is 2.50. The van der Waals surface area contributed by atoms with E-state index in [1.807, 2.05) is 36.4 Å². The first-order valence-electron chi connectivity index (χ1n) is 9.99. The minimum Gasteiger partial charge on any atom is -0.356 e. The van der Waals surface area contributed by atoms with Crippen LogP contribution < -0.4 is 5.32 Å². The molecule has 0 unspecified atom stereocenters. The van der Waals surface area contributed by atoms with Gasteiger partial charge in [0.2, 0.25) is 5.91 Å². The van der Waals surface area contributed by atoms with Crippen LogP contribution in [0.3, 0.4) is 0 Å². The summed E-state index contributed by atoms with van der Waals surface area (Å²) in [6.45, 7) is 2.74. The fourth-order valence-electron chi connectivity index (χ4n) is 4.64. The zero-order chi connectivity index (χ0) is 19.3. The van der Waals surface area contributed by atoms with Gasteiger partial charge in [-0.25, -0.2) is 0 Å². The Kier molecular flexibility index (Phi) is 3.97. The Morgan fingerprint density at radius 1 is 1.18 bits per heavy atom. The molecule has 1 aromatic heterocycles. The number of carbonyl (C=O) groups excluding carboxylic acids is 2. The lowest BCUT2D eigenvalue weighted by molar-refractivity contribution is -0.126. The number of carbonyl (C=O) groups is 2. The molecule has 0 saturated heterocycles. The Hall–Kier alpha value is -3.08. The van der Waals surface area contributed by atoms with Gasteiger partial charge in [0.25, 0.3) is 5.91 Å². The third-order valence-corrected chi connectivity index (χ3v) is 5.98. The van der Waals surface area contributed by atoms with Crippen LogP contribution in [0.25, 0.3) is 10.9 Å². The Bertz CT molecular complexity index is 1080. The molecule has 2 amide bonds. The molecule has 0 bridgehead atoms. The van der Waals surface area contributed by atoms with Crippen LogP contribution in [0.4, 0.5) is 0 Å². The molecule has 0 radical (unpaired) electrons. The van der Waals surface area contributed by atoms with Gasteiger partial charge >= 0.3 is 0 Å². The minimum atomic E-state index is -0.492. The van der Waals surface area contributed by atoms with E-state index in [0.717, 1.165) is 40.6 Å². The molecular weight excluding hydrogens is 350 g/mol. The average Bonchev–Trinajstić information content (AvgIpc) is 3.24. The third-order valence-electron chi connectivity index (χ3n) is 5.98. The van der Waals surface area contributed by atoms with E-state index in [0.29, 0.717) is 18.5 Å². The largest absolute Gasteiger partial charge is 0.356 e. The average molecular weight is 373 g/mol. The van der Waals surface area contributed by atoms with Crippen LogP contribution in [0, 0.1) is 0 Å². The topological polar surface area (TPSA) is 65.2 Å². The quantitative estimate of drug-likeness (QED) is 0.687. The summed E-state index contributed by atoms with van der Waals surface area (Å²) in [6, 6.07) is 15.2. The highest BCUT2D eigenvalue weighted by molar-refractivity contribution is 6.03. The van der Waals surface area contributed by atoms with Gasteiger partial charge in [0.15, 0.2) is 0 Å². The van der Waals surface area contributed by atoms with Crippen molar-refractivity contribution < 1.29 is 9.59 Å². The SMILES string of the molecule is CCCCNC(=O)[C@@H]1Cc2c([nH]c3ccccc23)[C@H]2c3ccccc3C(=O)N21. The highest BCUT2D eigenvalue weighted by Crippen LogP contribution is 2.46. The van der Waals surface area contributed by atoms with Gasteiger partial charge in [0.1, 0.15) is 6.04 Å². The van der Waals surface area contributed by atoms with Crippen molar-refractivity contribution in [2.75, 3.05) is 6.54 Å². The van der Waals surface area contributed by atoms with Gasteiger partial charge in [-0.15, -0.1) is 0 Å². The molecule has 2 atom stereocenters. The number of H-pyrrole nitrogens is 1. The fourth-order valence-corrected chi connectivity index (χ4v) is 4.64. The summed E-state index contributed by atoms with van der Waals surface area (Å²) < 4.78 is 0. The van der Waals surface area contributed by atoms with Crippen molar-refractivity contribution in [3.05, 3.63) is 70.9 Å². The Labute approximate surface area is 163 Å². The van der Waals surface area contributed by atoms with Crippen molar-refractivity contribution in [2.24, 2.45) is 0 Å². The van der Waals surface area contributed by atoms with Gasteiger partial charge in [-0.2, -0.15) is 0 Å². The number of para-hydroxylation sites is 1. The molecule has 0 spiro atoms. The summed E-state index contributed by atoms with van der Waals surface area (Å²) in [4.78, 5) is 31.6. The lowest BCUT2D eigenvalue weighted by Crippen LogP contribution is -2.52. The second-order valence-electron chi connectivity index (χ2n) is 7.63. The molecule has 5 heteroatoms. The number of aromatic amines is 1. The smallest absolute Gasteiger partial charge is 0.255 e. The van der Waals surface area contributed by atoms with Gasteiger partial charge in [0, 0.05) is 35.1 Å². The van der Waals surface area contributed by atoms with E-state index in [-0.39, 0.29) is 17.9 Å². The first kappa shape index (κ1) is 17.0. The van der Waals surface area contributed by atoms with E-state index >= 15 is 0 Å². The number of nitrogens with one attached hydrogen (secondary N) is 2. The predicted octanol–water partition coefficient (Wildman–Crippen LogP) is 3.55.